The molecular weight excluding hydrogens is 246 g/mol. The highest BCUT2D eigenvalue weighted by Gasteiger charge is 2.29. The van der Waals surface area contributed by atoms with Gasteiger partial charge in [0.25, 0.3) is 0 Å². The molecular formula is C14H20ClN3. The third-order valence-corrected chi connectivity index (χ3v) is 3.96. The number of halogens is 1. The Morgan fingerprint density at radius 2 is 1.89 bits per heavy atom. The SMILES string of the molecule is CC(C)(C)c1nn(C2CCCCC2)c(Cl)c1C#N. The molecule has 1 aromatic heterocycles. The minimum atomic E-state index is -0.144. The molecule has 3 nitrogen and oxygen atoms in total. The molecule has 0 radical (unpaired) electrons. The highest BCUT2D eigenvalue weighted by atomic mass is 35.5. The molecule has 2 rings (SSSR count). The third kappa shape index (κ3) is 2.40. The van der Waals surface area contributed by atoms with Gasteiger partial charge in [-0.25, -0.2) is 4.68 Å². The summed E-state index contributed by atoms with van der Waals surface area (Å²) in [5.74, 6) is 0. The van der Waals surface area contributed by atoms with Crippen LogP contribution in [0.1, 0.15) is 70.2 Å². The Balaban J connectivity index is 2.44. The van der Waals surface area contributed by atoms with E-state index in [2.05, 4.69) is 31.9 Å². The van der Waals surface area contributed by atoms with Crippen LogP contribution in [-0.4, -0.2) is 9.78 Å². The molecule has 0 atom stereocenters. The summed E-state index contributed by atoms with van der Waals surface area (Å²) in [6, 6.07) is 2.58. The van der Waals surface area contributed by atoms with Crippen molar-refractivity contribution in [3.05, 3.63) is 16.4 Å². The van der Waals surface area contributed by atoms with E-state index in [1.807, 2.05) is 4.68 Å². The van der Waals surface area contributed by atoms with Gasteiger partial charge < -0.3 is 0 Å². The Kier molecular flexibility index (Phi) is 3.68. The second kappa shape index (κ2) is 4.93. The first-order valence-corrected chi connectivity index (χ1v) is 7.01. The summed E-state index contributed by atoms with van der Waals surface area (Å²) < 4.78 is 1.89. The molecule has 0 spiro atoms. The van der Waals surface area contributed by atoms with E-state index in [4.69, 9.17) is 11.6 Å². The van der Waals surface area contributed by atoms with Crippen molar-refractivity contribution >= 4 is 11.6 Å². The van der Waals surface area contributed by atoms with Crippen molar-refractivity contribution in [2.45, 2.75) is 64.3 Å². The van der Waals surface area contributed by atoms with E-state index in [0.29, 0.717) is 16.8 Å². The van der Waals surface area contributed by atoms with E-state index in [0.717, 1.165) is 18.5 Å². The first-order valence-electron chi connectivity index (χ1n) is 6.63. The van der Waals surface area contributed by atoms with Crippen LogP contribution in [0.3, 0.4) is 0 Å². The summed E-state index contributed by atoms with van der Waals surface area (Å²) >= 11 is 6.35. The van der Waals surface area contributed by atoms with E-state index in [9.17, 15) is 5.26 Å². The average Bonchev–Trinajstić information content (AvgIpc) is 2.67. The molecule has 18 heavy (non-hydrogen) atoms. The van der Waals surface area contributed by atoms with Gasteiger partial charge in [0.15, 0.2) is 0 Å². The van der Waals surface area contributed by atoms with Crippen molar-refractivity contribution in [2.75, 3.05) is 0 Å². The standard InChI is InChI=1S/C14H20ClN3/c1-14(2,3)12-11(9-16)13(15)18(17-12)10-7-5-4-6-8-10/h10H,4-8H2,1-3H3. The van der Waals surface area contributed by atoms with Crippen LogP contribution in [-0.2, 0) is 5.41 Å². The van der Waals surface area contributed by atoms with E-state index in [1.165, 1.54) is 19.3 Å². The second-order valence-corrected chi connectivity index (χ2v) is 6.47. The maximum Gasteiger partial charge on any atom is 0.145 e. The number of rotatable bonds is 1. The van der Waals surface area contributed by atoms with Gasteiger partial charge in [-0.05, 0) is 12.8 Å². The summed E-state index contributed by atoms with van der Waals surface area (Å²) in [4.78, 5) is 0. The van der Waals surface area contributed by atoms with Crippen molar-refractivity contribution < 1.29 is 0 Å². The lowest BCUT2D eigenvalue weighted by Gasteiger charge is -2.23. The van der Waals surface area contributed by atoms with Crippen molar-refractivity contribution in [3.8, 4) is 6.07 Å². The van der Waals surface area contributed by atoms with Crippen LogP contribution in [0.4, 0.5) is 0 Å². The van der Waals surface area contributed by atoms with Crippen LogP contribution in [0.5, 0.6) is 0 Å². The van der Waals surface area contributed by atoms with Gasteiger partial charge in [-0.15, -0.1) is 0 Å². The lowest BCUT2D eigenvalue weighted by Crippen LogP contribution is -2.17. The van der Waals surface area contributed by atoms with Crippen LogP contribution in [0.2, 0.25) is 5.15 Å². The van der Waals surface area contributed by atoms with Crippen LogP contribution in [0.25, 0.3) is 0 Å². The molecule has 1 heterocycles. The van der Waals surface area contributed by atoms with E-state index in [1.54, 1.807) is 0 Å². The maximum absolute atomic E-state index is 9.29. The van der Waals surface area contributed by atoms with Gasteiger partial charge in [-0.3, -0.25) is 0 Å². The highest BCUT2D eigenvalue weighted by molar-refractivity contribution is 6.30. The largest absolute Gasteiger partial charge is 0.249 e. The minimum Gasteiger partial charge on any atom is -0.249 e. The lowest BCUT2D eigenvalue weighted by atomic mass is 9.90. The van der Waals surface area contributed by atoms with Gasteiger partial charge in [0, 0.05) is 5.41 Å². The quantitative estimate of drug-likeness (QED) is 0.763. The van der Waals surface area contributed by atoms with Gasteiger partial charge >= 0.3 is 0 Å². The van der Waals surface area contributed by atoms with Gasteiger partial charge in [-0.1, -0.05) is 51.6 Å². The number of nitriles is 1. The Labute approximate surface area is 114 Å². The molecule has 98 valence electrons. The normalized spacial score (nSPS) is 17.7. The van der Waals surface area contributed by atoms with E-state index >= 15 is 0 Å². The molecule has 1 aliphatic carbocycles. The fourth-order valence-corrected chi connectivity index (χ4v) is 2.91. The summed E-state index contributed by atoms with van der Waals surface area (Å²) in [6.07, 6.45) is 6.00. The monoisotopic (exact) mass is 265 g/mol. The second-order valence-electron chi connectivity index (χ2n) is 6.11. The van der Waals surface area contributed by atoms with Gasteiger partial charge in [0.05, 0.1) is 11.7 Å². The van der Waals surface area contributed by atoms with Gasteiger partial charge in [-0.2, -0.15) is 10.4 Å². The Bertz CT molecular complexity index is 470. The Morgan fingerprint density at radius 3 is 2.33 bits per heavy atom. The lowest BCUT2D eigenvalue weighted by molar-refractivity contribution is 0.326. The highest BCUT2D eigenvalue weighted by Crippen LogP contribution is 2.35. The molecule has 1 aliphatic rings. The minimum absolute atomic E-state index is 0.144. The first-order chi connectivity index (χ1) is 8.45. The van der Waals surface area contributed by atoms with Crippen molar-refractivity contribution in [1.82, 2.24) is 9.78 Å². The van der Waals surface area contributed by atoms with Crippen molar-refractivity contribution in [2.24, 2.45) is 0 Å². The molecule has 0 amide bonds. The number of aromatic nitrogens is 2. The summed E-state index contributed by atoms with van der Waals surface area (Å²) in [5, 5.41) is 14.4. The van der Waals surface area contributed by atoms with Crippen molar-refractivity contribution in [3.63, 3.8) is 0 Å². The molecule has 1 fully saturated rings. The van der Waals surface area contributed by atoms with E-state index < -0.39 is 0 Å². The van der Waals surface area contributed by atoms with Crippen molar-refractivity contribution in [1.29, 1.82) is 5.26 Å². The average molecular weight is 266 g/mol. The Hall–Kier alpha value is -1.01. The summed E-state index contributed by atoms with van der Waals surface area (Å²) in [5.41, 5.74) is 1.23. The number of hydrogen-bond donors (Lipinski definition) is 0. The number of hydrogen-bond acceptors (Lipinski definition) is 2. The fourth-order valence-electron chi connectivity index (χ4n) is 2.61. The molecule has 0 unspecified atom stereocenters. The maximum atomic E-state index is 9.29. The molecule has 4 heteroatoms. The molecule has 0 aliphatic heterocycles. The summed E-state index contributed by atoms with van der Waals surface area (Å²) in [7, 11) is 0. The molecule has 0 N–H and O–H groups in total. The van der Waals surface area contributed by atoms with Crippen LogP contribution >= 0.6 is 11.6 Å². The molecule has 0 aromatic carbocycles. The zero-order valence-electron chi connectivity index (χ0n) is 11.3. The van der Waals surface area contributed by atoms with Gasteiger partial charge in [0.1, 0.15) is 16.8 Å². The summed E-state index contributed by atoms with van der Waals surface area (Å²) in [6.45, 7) is 6.20. The van der Waals surface area contributed by atoms with Gasteiger partial charge in [0.2, 0.25) is 0 Å². The third-order valence-electron chi connectivity index (χ3n) is 3.59. The van der Waals surface area contributed by atoms with E-state index in [-0.39, 0.29) is 5.41 Å². The fraction of sp³-hybridized carbons (Fsp3) is 0.714. The number of nitrogens with zero attached hydrogens (tertiary/aromatic N) is 3. The van der Waals surface area contributed by atoms with Crippen LogP contribution in [0, 0.1) is 11.3 Å². The zero-order chi connectivity index (χ0) is 13.3. The predicted octanol–water partition coefficient (Wildman–Crippen LogP) is 4.21. The molecule has 1 saturated carbocycles. The topological polar surface area (TPSA) is 41.6 Å². The zero-order valence-corrected chi connectivity index (χ0v) is 12.1. The molecule has 0 bridgehead atoms. The predicted molar refractivity (Wildman–Crippen MR) is 72.8 cm³/mol. The smallest absolute Gasteiger partial charge is 0.145 e. The Morgan fingerprint density at radius 1 is 1.28 bits per heavy atom. The van der Waals surface area contributed by atoms with Crippen LogP contribution in [0.15, 0.2) is 0 Å². The first kappa shape index (κ1) is 13.4. The molecule has 1 aromatic rings. The van der Waals surface area contributed by atoms with Crippen LogP contribution < -0.4 is 0 Å². The molecule has 0 saturated heterocycles.